The quantitative estimate of drug-likeness (QED) is 0.580. The highest BCUT2D eigenvalue weighted by Gasteiger charge is 2.19. The van der Waals surface area contributed by atoms with Crippen LogP contribution in [0, 0.1) is 12.3 Å². The van der Waals surface area contributed by atoms with Crippen molar-refractivity contribution in [3.63, 3.8) is 0 Å². The topological polar surface area (TPSA) is 0 Å². The van der Waals surface area contributed by atoms with Crippen LogP contribution in [0.1, 0.15) is 19.4 Å². The van der Waals surface area contributed by atoms with E-state index in [0.717, 1.165) is 10.6 Å². The van der Waals surface area contributed by atoms with E-state index in [9.17, 15) is 0 Å². The predicted octanol–water partition coefficient (Wildman–Crippen LogP) is 3.25. The zero-order chi connectivity index (χ0) is 9.19. The molecule has 62 valence electrons. The molecule has 0 radical (unpaired) electrons. The van der Waals surface area contributed by atoms with Gasteiger partial charge in [-0.1, -0.05) is 35.7 Å². The van der Waals surface area contributed by atoms with Gasteiger partial charge in [-0.15, -0.1) is 6.42 Å². The summed E-state index contributed by atoms with van der Waals surface area (Å²) in [6.07, 6.45) is 5.40. The van der Waals surface area contributed by atoms with Gasteiger partial charge < -0.3 is 0 Å². The van der Waals surface area contributed by atoms with Crippen LogP contribution in [0.15, 0.2) is 24.3 Å². The molecule has 1 rings (SSSR count). The Morgan fingerprint density at radius 1 is 1.33 bits per heavy atom. The summed E-state index contributed by atoms with van der Waals surface area (Å²) < 4.78 is 0. The van der Waals surface area contributed by atoms with Gasteiger partial charge in [0, 0.05) is 5.02 Å². The standard InChI is InChI=1S/C11H11Cl/c1-4-11(2,3)9-7-5-6-8-10(9)12/h1,5-8H,2-3H3. The Morgan fingerprint density at radius 3 is 2.42 bits per heavy atom. The van der Waals surface area contributed by atoms with Crippen LogP contribution in [0.4, 0.5) is 0 Å². The van der Waals surface area contributed by atoms with Crippen molar-refractivity contribution in [1.82, 2.24) is 0 Å². The van der Waals surface area contributed by atoms with Gasteiger partial charge in [0.1, 0.15) is 0 Å². The third kappa shape index (κ3) is 1.62. The second-order valence-electron chi connectivity index (χ2n) is 3.25. The van der Waals surface area contributed by atoms with Crippen LogP contribution in [0.2, 0.25) is 5.02 Å². The molecule has 0 fully saturated rings. The maximum absolute atomic E-state index is 5.99. The fourth-order valence-corrected chi connectivity index (χ4v) is 1.42. The number of hydrogen-bond donors (Lipinski definition) is 0. The third-order valence-corrected chi connectivity index (χ3v) is 2.24. The average molecular weight is 179 g/mol. The summed E-state index contributed by atoms with van der Waals surface area (Å²) in [5, 5.41) is 0.737. The van der Waals surface area contributed by atoms with Crippen molar-refractivity contribution < 1.29 is 0 Å². The highest BCUT2D eigenvalue weighted by molar-refractivity contribution is 6.31. The Labute approximate surface area is 78.6 Å². The molecule has 0 heterocycles. The van der Waals surface area contributed by atoms with Crippen LogP contribution < -0.4 is 0 Å². The molecule has 0 spiro atoms. The van der Waals surface area contributed by atoms with E-state index in [2.05, 4.69) is 5.92 Å². The highest BCUT2D eigenvalue weighted by atomic mass is 35.5. The lowest BCUT2D eigenvalue weighted by Gasteiger charge is -2.18. The summed E-state index contributed by atoms with van der Waals surface area (Å²) in [4.78, 5) is 0. The molecule has 0 saturated heterocycles. The number of rotatable bonds is 1. The van der Waals surface area contributed by atoms with Gasteiger partial charge in [0.25, 0.3) is 0 Å². The second-order valence-corrected chi connectivity index (χ2v) is 3.66. The lowest BCUT2D eigenvalue weighted by atomic mass is 9.86. The molecular formula is C11H11Cl. The maximum atomic E-state index is 5.99. The number of terminal acetylenes is 1. The molecule has 1 aromatic carbocycles. The Kier molecular flexibility index (Phi) is 2.45. The highest BCUT2D eigenvalue weighted by Crippen LogP contribution is 2.28. The van der Waals surface area contributed by atoms with Gasteiger partial charge in [-0.2, -0.15) is 0 Å². The molecule has 0 atom stereocenters. The molecular weight excluding hydrogens is 168 g/mol. The summed E-state index contributed by atoms with van der Waals surface area (Å²) >= 11 is 5.99. The Hall–Kier alpha value is -0.930. The van der Waals surface area contributed by atoms with Crippen molar-refractivity contribution in [2.75, 3.05) is 0 Å². The van der Waals surface area contributed by atoms with Crippen molar-refractivity contribution >= 4 is 11.6 Å². The SMILES string of the molecule is C#CC(C)(C)c1ccccc1Cl. The van der Waals surface area contributed by atoms with E-state index in [1.807, 2.05) is 38.1 Å². The molecule has 0 saturated carbocycles. The monoisotopic (exact) mass is 178 g/mol. The lowest BCUT2D eigenvalue weighted by molar-refractivity contribution is 0.699. The number of hydrogen-bond acceptors (Lipinski definition) is 0. The average Bonchev–Trinajstić information content (AvgIpc) is 2.05. The Balaban J connectivity index is 3.22. The predicted molar refractivity (Wildman–Crippen MR) is 53.3 cm³/mol. The fourth-order valence-electron chi connectivity index (χ4n) is 1.05. The first kappa shape index (κ1) is 9.16. The van der Waals surface area contributed by atoms with Crippen molar-refractivity contribution in [3.05, 3.63) is 34.9 Å². The number of halogens is 1. The van der Waals surface area contributed by atoms with E-state index in [1.54, 1.807) is 0 Å². The maximum Gasteiger partial charge on any atom is 0.0518 e. The van der Waals surface area contributed by atoms with Gasteiger partial charge in [-0.25, -0.2) is 0 Å². The van der Waals surface area contributed by atoms with E-state index in [1.165, 1.54) is 0 Å². The molecule has 0 amide bonds. The molecule has 12 heavy (non-hydrogen) atoms. The fraction of sp³-hybridized carbons (Fsp3) is 0.273. The van der Waals surface area contributed by atoms with E-state index >= 15 is 0 Å². The van der Waals surface area contributed by atoms with E-state index < -0.39 is 0 Å². The Morgan fingerprint density at radius 2 is 1.92 bits per heavy atom. The summed E-state index contributed by atoms with van der Waals surface area (Å²) in [6, 6.07) is 7.66. The molecule has 0 N–H and O–H groups in total. The summed E-state index contributed by atoms with van der Waals surface area (Å²) in [5.41, 5.74) is 0.729. The first-order valence-electron chi connectivity index (χ1n) is 3.81. The first-order valence-corrected chi connectivity index (χ1v) is 4.18. The first-order chi connectivity index (χ1) is 5.58. The van der Waals surface area contributed by atoms with Crippen molar-refractivity contribution in [1.29, 1.82) is 0 Å². The molecule has 0 aliphatic rings. The molecule has 0 unspecified atom stereocenters. The summed E-state index contributed by atoms with van der Waals surface area (Å²) in [5.74, 6) is 2.71. The minimum Gasteiger partial charge on any atom is -0.119 e. The summed E-state index contributed by atoms with van der Waals surface area (Å²) in [7, 11) is 0. The minimum absolute atomic E-state index is 0.279. The van der Waals surface area contributed by atoms with E-state index in [-0.39, 0.29) is 5.41 Å². The molecule has 0 bridgehead atoms. The van der Waals surface area contributed by atoms with Gasteiger partial charge in [0.2, 0.25) is 0 Å². The number of benzene rings is 1. The van der Waals surface area contributed by atoms with Crippen molar-refractivity contribution in [2.24, 2.45) is 0 Å². The van der Waals surface area contributed by atoms with Crippen LogP contribution >= 0.6 is 11.6 Å². The van der Waals surface area contributed by atoms with E-state index in [0.29, 0.717) is 0 Å². The van der Waals surface area contributed by atoms with Crippen LogP contribution in [0.3, 0.4) is 0 Å². The van der Waals surface area contributed by atoms with Gasteiger partial charge in [-0.3, -0.25) is 0 Å². The smallest absolute Gasteiger partial charge is 0.0518 e. The van der Waals surface area contributed by atoms with Crippen molar-refractivity contribution in [2.45, 2.75) is 19.3 Å². The molecule has 1 aromatic rings. The van der Waals surface area contributed by atoms with Crippen LogP contribution in [-0.4, -0.2) is 0 Å². The minimum atomic E-state index is -0.279. The summed E-state index contributed by atoms with van der Waals surface area (Å²) in [6.45, 7) is 3.96. The van der Waals surface area contributed by atoms with Crippen LogP contribution in [-0.2, 0) is 5.41 Å². The van der Waals surface area contributed by atoms with Gasteiger partial charge in [-0.05, 0) is 25.5 Å². The van der Waals surface area contributed by atoms with Crippen LogP contribution in [0.25, 0.3) is 0 Å². The molecule has 1 heteroatoms. The van der Waals surface area contributed by atoms with Crippen LogP contribution in [0.5, 0.6) is 0 Å². The zero-order valence-corrected chi connectivity index (χ0v) is 8.02. The zero-order valence-electron chi connectivity index (χ0n) is 7.26. The van der Waals surface area contributed by atoms with Gasteiger partial charge in [0.15, 0.2) is 0 Å². The lowest BCUT2D eigenvalue weighted by Crippen LogP contribution is -2.14. The second kappa shape index (κ2) is 3.21. The van der Waals surface area contributed by atoms with E-state index in [4.69, 9.17) is 18.0 Å². The largest absolute Gasteiger partial charge is 0.119 e. The van der Waals surface area contributed by atoms with Gasteiger partial charge in [0.05, 0.1) is 5.41 Å². The molecule has 0 aromatic heterocycles. The molecule has 0 nitrogen and oxygen atoms in total. The molecule has 0 aliphatic carbocycles. The Bertz CT molecular complexity index is 318. The third-order valence-electron chi connectivity index (χ3n) is 1.91. The van der Waals surface area contributed by atoms with Crippen molar-refractivity contribution in [3.8, 4) is 12.3 Å². The molecule has 0 aliphatic heterocycles. The normalized spacial score (nSPS) is 10.8. The van der Waals surface area contributed by atoms with Gasteiger partial charge >= 0.3 is 0 Å².